The van der Waals surface area contributed by atoms with Crippen LogP contribution in [0, 0.1) is 0 Å². The fourth-order valence-corrected chi connectivity index (χ4v) is 2.78. The number of rotatable bonds is 5. The lowest BCUT2D eigenvalue weighted by Crippen LogP contribution is -2.40. The Bertz CT molecular complexity index is 343. The average molecular weight is 283 g/mol. The predicted octanol–water partition coefficient (Wildman–Crippen LogP) is 0.0115. The maximum Gasteiger partial charge on any atom is 0.249 e. The number of hydrogen-bond donors (Lipinski definition) is 2. The molecule has 0 aromatic carbocycles. The third-order valence-electron chi connectivity index (χ3n) is 4.01. The highest BCUT2D eigenvalue weighted by Gasteiger charge is 2.29. The van der Waals surface area contributed by atoms with E-state index in [0.29, 0.717) is 25.9 Å². The minimum atomic E-state index is -0.395. The zero-order chi connectivity index (χ0) is 14.4. The summed E-state index contributed by atoms with van der Waals surface area (Å²) in [7, 11) is 0. The lowest BCUT2D eigenvalue weighted by molar-refractivity contribution is -0.133. The summed E-state index contributed by atoms with van der Waals surface area (Å²) in [5.41, 5.74) is 5.51. The molecule has 2 aliphatic heterocycles. The first-order chi connectivity index (χ1) is 9.70. The highest BCUT2D eigenvalue weighted by Crippen LogP contribution is 2.18. The van der Waals surface area contributed by atoms with Crippen LogP contribution in [0.3, 0.4) is 0 Å². The number of likely N-dealkylation sites (tertiary alicyclic amines) is 1. The molecule has 6 heteroatoms. The molecule has 2 amide bonds. The van der Waals surface area contributed by atoms with Crippen LogP contribution in [0.4, 0.5) is 0 Å². The lowest BCUT2D eigenvalue weighted by atomic mass is 10.1. The summed E-state index contributed by atoms with van der Waals surface area (Å²) in [5.74, 6) is 0.0181. The number of nitrogens with two attached hydrogens (primary N) is 1. The molecule has 2 saturated heterocycles. The number of ether oxygens (including phenoxy) is 1. The minimum absolute atomic E-state index is 0.000678. The van der Waals surface area contributed by atoms with Crippen molar-refractivity contribution in [1.29, 1.82) is 0 Å². The van der Waals surface area contributed by atoms with Crippen LogP contribution >= 0.6 is 0 Å². The van der Waals surface area contributed by atoms with Crippen molar-refractivity contribution in [1.82, 2.24) is 10.2 Å². The lowest BCUT2D eigenvalue weighted by Gasteiger charge is -2.26. The van der Waals surface area contributed by atoms with Crippen molar-refractivity contribution in [3.05, 3.63) is 0 Å². The van der Waals surface area contributed by atoms with Crippen LogP contribution in [0.1, 0.15) is 38.5 Å². The van der Waals surface area contributed by atoms with E-state index in [1.54, 1.807) is 0 Å². The van der Waals surface area contributed by atoms with Crippen LogP contribution in [-0.2, 0) is 14.3 Å². The van der Waals surface area contributed by atoms with E-state index in [4.69, 9.17) is 10.5 Å². The summed E-state index contributed by atoms with van der Waals surface area (Å²) in [4.78, 5) is 25.7. The molecule has 0 spiro atoms. The molecule has 2 fully saturated rings. The molecule has 2 aliphatic rings. The van der Waals surface area contributed by atoms with E-state index in [2.05, 4.69) is 5.32 Å². The summed E-state index contributed by atoms with van der Waals surface area (Å²) < 4.78 is 5.51. The van der Waals surface area contributed by atoms with Crippen LogP contribution in [-0.4, -0.2) is 55.1 Å². The fourth-order valence-electron chi connectivity index (χ4n) is 2.78. The normalized spacial score (nSPS) is 26.6. The zero-order valence-corrected chi connectivity index (χ0v) is 12.0. The summed E-state index contributed by atoms with van der Waals surface area (Å²) >= 11 is 0. The third kappa shape index (κ3) is 4.18. The maximum absolute atomic E-state index is 11.9. The van der Waals surface area contributed by atoms with Crippen LogP contribution < -0.4 is 11.1 Å². The van der Waals surface area contributed by atoms with E-state index in [0.717, 1.165) is 32.4 Å². The van der Waals surface area contributed by atoms with Gasteiger partial charge in [-0.15, -0.1) is 0 Å². The van der Waals surface area contributed by atoms with Crippen molar-refractivity contribution < 1.29 is 14.3 Å². The largest absolute Gasteiger partial charge is 0.364 e. The Morgan fingerprint density at radius 3 is 2.60 bits per heavy atom. The van der Waals surface area contributed by atoms with E-state index in [1.807, 2.05) is 4.90 Å². The van der Waals surface area contributed by atoms with Gasteiger partial charge in [0.2, 0.25) is 11.8 Å². The number of carbonyl (C=O) groups excluding carboxylic acids is 2. The minimum Gasteiger partial charge on any atom is -0.364 e. The van der Waals surface area contributed by atoms with E-state index in [-0.39, 0.29) is 17.9 Å². The van der Waals surface area contributed by atoms with Gasteiger partial charge in [0.25, 0.3) is 0 Å². The smallest absolute Gasteiger partial charge is 0.249 e. The Morgan fingerprint density at radius 1 is 1.20 bits per heavy atom. The molecule has 0 aromatic heterocycles. The fraction of sp³-hybridized carbons (Fsp3) is 0.857. The topological polar surface area (TPSA) is 84.7 Å². The molecule has 2 atom stereocenters. The van der Waals surface area contributed by atoms with Crippen molar-refractivity contribution in [2.45, 2.75) is 50.7 Å². The molecule has 0 aromatic rings. The molecule has 0 radical (unpaired) electrons. The quantitative estimate of drug-likeness (QED) is 0.744. The molecule has 3 N–H and O–H groups in total. The number of carbonyl (C=O) groups is 2. The highest BCUT2D eigenvalue weighted by molar-refractivity contribution is 5.82. The molecular weight excluding hydrogens is 258 g/mol. The van der Waals surface area contributed by atoms with Gasteiger partial charge in [0.1, 0.15) is 6.10 Å². The van der Waals surface area contributed by atoms with Crippen molar-refractivity contribution in [3.63, 3.8) is 0 Å². The third-order valence-corrected chi connectivity index (χ3v) is 4.01. The molecule has 114 valence electrons. The van der Waals surface area contributed by atoms with E-state index in [1.165, 1.54) is 6.42 Å². The molecular formula is C14H25N3O3. The van der Waals surface area contributed by atoms with Crippen molar-refractivity contribution in [3.8, 4) is 0 Å². The number of nitrogens with one attached hydrogen (secondary N) is 1. The molecule has 0 unspecified atom stereocenters. The van der Waals surface area contributed by atoms with Gasteiger partial charge in [-0.25, -0.2) is 0 Å². The highest BCUT2D eigenvalue weighted by atomic mass is 16.5. The SMILES string of the molecule is NC[C@H]1CC[C@@H](C(=O)NCCC(=O)N2CCCCC2)O1. The Balaban J connectivity index is 1.62. The number of piperidine rings is 1. The van der Waals surface area contributed by atoms with E-state index >= 15 is 0 Å². The first-order valence-corrected chi connectivity index (χ1v) is 7.61. The monoisotopic (exact) mass is 283 g/mol. The average Bonchev–Trinajstić information content (AvgIpc) is 2.97. The first kappa shape index (κ1) is 15.3. The molecule has 2 rings (SSSR count). The van der Waals surface area contributed by atoms with Gasteiger partial charge in [0, 0.05) is 32.6 Å². The second kappa shape index (κ2) is 7.59. The zero-order valence-electron chi connectivity index (χ0n) is 12.0. The Morgan fingerprint density at radius 2 is 1.95 bits per heavy atom. The summed E-state index contributed by atoms with van der Waals surface area (Å²) in [6.07, 6.45) is 4.92. The molecule has 6 nitrogen and oxygen atoms in total. The van der Waals surface area contributed by atoms with Crippen LogP contribution in [0.15, 0.2) is 0 Å². The number of hydrogen-bond acceptors (Lipinski definition) is 4. The Kier molecular flexibility index (Phi) is 5.79. The van der Waals surface area contributed by atoms with Gasteiger partial charge < -0.3 is 20.7 Å². The van der Waals surface area contributed by atoms with Gasteiger partial charge >= 0.3 is 0 Å². The standard InChI is InChI=1S/C14H25N3O3/c15-10-11-4-5-12(20-11)14(19)16-7-6-13(18)17-8-2-1-3-9-17/h11-12H,1-10,15H2,(H,16,19)/t11-,12+/m1/s1. The number of nitrogens with zero attached hydrogens (tertiary/aromatic N) is 1. The maximum atomic E-state index is 11.9. The van der Waals surface area contributed by atoms with Gasteiger partial charge in [-0.1, -0.05) is 0 Å². The van der Waals surface area contributed by atoms with E-state index < -0.39 is 6.10 Å². The second-order valence-electron chi connectivity index (χ2n) is 5.54. The molecule has 0 saturated carbocycles. The summed E-state index contributed by atoms with van der Waals surface area (Å²) in [6, 6.07) is 0. The van der Waals surface area contributed by atoms with Gasteiger partial charge in [-0.3, -0.25) is 9.59 Å². The van der Waals surface area contributed by atoms with Crippen molar-refractivity contribution in [2.75, 3.05) is 26.2 Å². The van der Waals surface area contributed by atoms with Gasteiger partial charge in [0.15, 0.2) is 0 Å². The number of amides is 2. The van der Waals surface area contributed by atoms with E-state index in [9.17, 15) is 9.59 Å². The molecule has 0 bridgehead atoms. The van der Waals surface area contributed by atoms with Gasteiger partial charge in [-0.2, -0.15) is 0 Å². The Hall–Kier alpha value is -1.14. The van der Waals surface area contributed by atoms with Crippen molar-refractivity contribution >= 4 is 11.8 Å². The predicted molar refractivity (Wildman–Crippen MR) is 75.0 cm³/mol. The Labute approximate surface area is 120 Å². The van der Waals surface area contributed by atoms with Crippen molar-refractivity contribution in [2.24, 2.45) is 5.73 Å². The molecule has 2 heterocycles. The summed E-state index contributed by atoms with van der Waals surface area (Å²) in [5, 5.41) is 2.79. The van der Waals surface area contributed by atoms with Crippen LogP contribution in [0.2, 0.25) is 0 Å². The van der Waals surface area contributed by atoms with Gasteiger partial charge in [0.05, 0.1) is 6.10 Å². The summed E-state index contributed by atoms with van der Waals surface area (Å²) in [6.45, 7) is 2.56. The van der Waals surface area contributed by atoms with Gasteiger partial charge in [-0.05, 0) is 32.1 Å². The molecule has 20 heavy (non-hydrogen) atoms. The first-order valence-electron chi connectivity index (χ1n) is 7.61. The van der Waals surface area contributed by atoms with Crippen LogP contribution in [0.5, 0.6) is 0 Å². The van der Waals surface area contributed by atoms with Crippen LogP contribution in [0.25, 0.3) is 0 Å². The second-order valence-corrected chi connectivity index (χ2v) is 5.54. The molecule has 0 aliphatic carbocycles.